The molecule has 0 aromatic heterocycles. The smallest absolute Gasteiger partial charge is 0.225 e. The minimum atomic E-state index is -0.245. The highest BCUT2D eigenvalue weighted by Crippen LogP contribution is 2.24. The van der Waals surface area contributed by atoms with E-state index < -0.39 is 0 Å². The number of likely N-dealkylation sites (tertiary alicyclic amines) is 1. The molecular weight excluding hydrogens is 276 g/mol. The lowest BCUT2D eigenvalue weighted by molar-refractivity contribution is -0.135. The molecule has 0 aliphatic carbocycles. The van der Waals surface area contributed by atoms with Crippen molar-refractivity contribution in [2.45, 2.75) is 58.0 Å². The number of nitrogens with one attached hydrogen (secondary N) is 1. The Labute approximate surface area is 132 Å². The molecule has 1 aromatic rings. The van der Waals surface area contributed by atoms with E-state index in [1.54, 1.807) is 0 Å². The summed E-state index contributed by atoms with van der Waals surface area (Å²) in [4.78, 5) is 26.2. The van der Waals surface area contributed by atoms with Crippen molar-refractivity contribution in [3.63, 3.8) is 0 Å². The van der Waals surface area contributed by atoms with Gasteiger partial charge in [0.15, 0.2) is 0 Å². The zero-order valence-electron chi connectivity index (χ0n) is 13.5. The van der Waals surface area contributed by atoms with E-state index in [0.29, 0.717) is 12.5 Å². The number of carbonyl (C=O) groups is 2. The zero-order valence-corrected chi connectivity index (χ0v) is 13.5. The van der Waals surface area contributed by atoms with Crippen LogP contribution in [0.2, 0.25) is 0 Å². The maximum absolute atomic E-state index is 12.7. The van der Waals surface area contributed by atoms with Crippen LogP contribution in [0.15, 0.2) is 30.3 Å². The predicted molar refractivity (Wildman–Crippen MR) is 87.3 cm³/mol. The molecule has 22 heavy (non-hydrogen) atoms. The average Bonchev–Trinajstić information content (AvgIpc) is 2.54. The molecule has 2 amide bonds. The Bertz CT molecular complexity index is 501. The maximum atomic E-state index is 12.7. The molecule has 0 spiro atoms. The van der Waals surface area contributed by atoms with Gasteiger partial charge in [-0.1, -0.05) is 37.3 Å². The molecule has 1 fully saturated rings. The van der Waals surface area contributed by atoms with E-state index in [1.165, 1.54) is 13.3 Å². The average molecular weight is 302 g/mol. The Morgan fingerprint density at radius 2 is 2.00 bits per heavy atom. The van der Waals surface area contributed by atoms with Crippen LogP contribution in [0.5, 0.6) is 0 Å². The second-order valence-electron chi connectivity index (χ2n) is 6.01. The highest BCUT2D eigenvalue weighted by atomic mass is 16.2. The van der Waals surface area contributed by atoms with Crippen molar-refractivity contribution >= 4 is 11.8 Å². The Morgan fingerprint density at radius 3 is 2.64 bits per heavy atom. The SMILES string of the molecule is CCC1CCCCN1C(=O)CC(NC(C)=O)c1ccccc1. The first-order valence-electron chi connectivity index (χ1n) is 8.23. The summed E-state index contributed by atoms with van der Waals surface area (Å²) in [5, 5.41) is 2.91. The van der Waals surface area contributed by atoms with Crippen LogP contribution in [0.25, 0.3) is 0 Å². The molecule has 1 aliphatic heterocycles. The highest BCUT2D eigenvalue weighted by Gasteiger charge is 2.27. The summed E-state index contributed by atoms with van der Waals surface area (Å²) in [5.41, 5.74) is 0.983. The topological polar surface area (TPSA) is 49.4 Å². The Hall–Kier alpha value is -1.84. The first kappa shape index (κ1) is 16.5. The van der Waals surface area contributed by atoms with Gasteiger partial charge in [0, 0.05) is 19.5 Å². The molecule has 4 nitrogen and oxygen atoms in total. The molecule has 120 valence electrons. The fraction of sp³-hybridized carbons (Fsp3) is 0.556. The molecule has 2 unspecified atom stereocenters. The van der Waals surface area contributed by atoms with Gasteiger partial charge in [0.25, 0.3) is 0 Å². The molecule has 1 heterocycles. The Morgan fingerprint density at radius 1 is 1.27 bits per heavy atom. The van der Waals surface area contributed by atoms with Crippen LogP contribution in [0, 0.1) is 0 Å². The van der Waals surface area contributed by atoms with Crippen LogP contribution in [-0.4, -0.2) is 29.3 Å². The summed E-state index contributed by atoms with van der Waals surface area (Å²) in [6.45, 7) is 4.48. The number of rotatable bonds is 5. The summed E-state index contributed by atoms with van der Waals surface area (Å²) < 4.78 is 0. The van der Waals surface area contributed by atoms with Crippen LogP contribution in [0.3, 0.4) is 0 Å². The number of piperidine rings is 1. The first-order chi connectivity index (χ1) is 10.6. The third-order valence-electron chi connectivity index (χ3n) is 4.38. The predicted octanol–water partition coefficient (Wildman–Crippen LogP) is 3.05. The van der Waals surface area contributed by atoms with Crippen LogP contribution in [-0.2, 0) is 9.59 Å². The summed E-state index contributed by atoms with van der Waals surface area (Å²) in [7, 11) is 0. The van der Waals surface area contributed by atoms with E-state index in [-0.39, 0.29) is 17.9 Å². The minimum Gasteiger partial charge on any atom is -0.349 e. The second kappa shape index (κ2) is 7.97. The lowest BCUT2D eigenvalue weighted by atomic mass is 9.97. The number of benzene rings is 1. The van der Waals surface area contributed by atoms with Gasteiger partial charge in [-0.2, -0.15) is 0 Å². The second-order valence-corrected chi connectivity index (χ2v) is 6.01. The lowest BCUT2D eigenvalue weighted by Crippen LogP contribution is -2.44. The van der Waals surface area contributed by atoms with Crippen molar-refractivity contribution in [3.05, 3.63) is 35.9 Å². The van der Waals surface area contributed by atoms with Gasteiger partial charge in [0.1, 0.15) is 0 Å². The van der Waals surface area contributed by atoms with Gasteiger partial charge in [-0.25, -0.2) is 0 Å². The van der Waals surface area contributed by atoms with Crippen LogP contribution < -0.4 is 5.32 Å². The fourth-order valence-corrected chi connectivity index (χ4v) is 3.23. The van der Waals surface area contributed by atoms with Gasteiger partial charge < -0.3 is 10.2 Å². The number of hydrogen-bond donors (Lipinski definition) is 1. The maximum Gasteiger partial charge on any atom is 0.225 e. The Balaban J connectivity index is 2.09. The zero-order chi connectivity index (χ0) is 15.9. The van der Waals surface area contributed by atoms with E-state index >= 15 is 0 Å². The molecule has 0 bridgehead atoms. The van der Waals surface area contributed by atoms with Crippen molar-refractivity contribution in [2.24, 2.45) is 0 Å². The number of carbonyl (C=O) groups excluding carboxylic acids is 2. The van der Waals surface area contributed by atoms with Crippen molar-refractivity contribution in [3.8, 4) is 0 Å². The number of nitrogens with zero attached hydrogens (tertiary/aromatic N) is 1. The van der Waals surface area contributed by atoms with Gasteiger partial charge in [0.05, 0.1) is 12.5 Å². The molecule has 1 aliphatic rings. The molecule has 1 saturated heterocycles. The molecule has 0 saturated carbocycles. The van der Waals surface area contributed by atoms with Gasteiger partial charge >= 0.3 is 0 Å². The molecule has 2 atom stereocenters. The molecule has 0 radical (unpaired) electrons. The summed E-state index contributed by atoms with van der Waals surface area (Å²) in [6.07, 6.45) is 4.72. The minimum absolute atomic E-state index is 0.104. The van der Waals surface area contributed by atoms with Crippen LogP contribution in [0.4, 0.5) is 0 Å². The molecule has 4 heteroatoms. The van der Waals surface area contributed by atoms with Gasteiger partial charge in [0.2, 0.25) is 11.8 Å². The van der Waals surface area contributed by atoms with Crippen molar-refractivity contribution in [2.75, 3.05) is 6.54 Å². The van der Waals surface area contributed by atoms with Gasteiger partial charge in [-0.15, -0.1) is 0 Å². The molecule has 1 aromatic carbocycles. The van der Waals surface area contributed by atoms with E-state index in [1.807, 2.05) is 35.2 Å². The Kier molecular flexibility index (Phi) is 5.99. The van der Waals surface area contributed by atoms with Crippen molar-refractivity contribution < 1.29 is 9.59 Å². The quantitative estimate of drug-likeness (QED) is 0.909. The molecule has 1 N–H and O–H groups in total. The van der Waals surface area contributed by atoms with E-state index in [0.717, 1.165) is 31.4 Å². The van der Waals surface area contributed by atoms with E-state index in [9.17, 15) is 9.59 Å². The first-order valence-corrected chi connectivity index (χ1v) is 8.23. The fourth-order valence-electron chi connectivity index (χ4n) is 3.23. The monoisotopic (exact) mass is 302 g/mol. The van der Waals surface area contributed by atoms with E-state index in [2.05, 4.69) is 12.2 Å². The van der Waals surface area contributed by atoms with Gasteiger partial charge in [-0.3, -0.25) is 9.59 Å². The van der Waals surface area contributed by atoms with Crippen molar-refractivity contribution in [1.82, 2.24) is 10.2 Å². The highest BCUT2D eigenvalue weighted by molar-refractivity contribution is 5.79. The summed E-state index contributed by atoms with van der Waals surface area (Å²) in [5.74, 6) is 0.0430. The van der Waals surface area contributed by atoms with E-state index in [4.69, 9.17) is 0 Å². The largest absolute Gasteiger partial charge is 0.349 e. The van der Waals surface area contributed by atoms with Crippen LogP contribution >= 0.6 is 0 Å². The van der Waals surface area contributed by atoms with Gasteiger partial charge in [-0.05, 0) is 31.2 Å². The van der Waals surface area contributed by atoms with Crippen LogP contribution in [0.1, 0.15) is 57.6 Å². The molecule has 2 rings (SSSR count). The summed E-state index contributed by atoms with van der Waals surface area (Å²) in [6, 6.07) is 9.84. The molecular formula is C18H26N2O2. The summed E-state index contributed by atoms with van der Waals surface area (Å²) >= 11 is 0. The normalized spacial score (nSPS) is 19.5. The lowest BCUT2D eigenvalue weighted by Gasteiger charge is -2.36. The standard InChI is InChI=1S/C18H26N2O2/c1-3-16-11-7-8-12-20(16)18(22)13-17(19-14(2)21)15-9-5-4-6-10-15/h4-6,9-10,16-17H,3,7-8,11-13H2,1-2H3,(H,19,21). The third-order valence-corrected chi connectivity index (χ3v) is 4.38. The number of amides is 2. The third kappa shape index (κ3) is 4.33. The number of hydrogen-bond acceptors (Lipinski definition) is 2. The van der Waals surface area contributed by atoms with Crippen molar-refractivity contribution in [1.29, 1.82) is 0 Å².